The van der Waals surface area contributed by atoms with E-state index in [1.54, 1.807) is 18.2 Å². The van der Waals surface area contributed by atoms with Crippen LogP contribution in [0, 0.1) is 17.0 Å². The molecule has 2 amide bonds. The highest BCUT2D eigenvalue weighted by Crippen LogP contribution is 2.27. The summed E-state index contributed by atoms with van der Waals surface area (Å²) >= 11 is 0. The van der Waals surface area contributed by atoms with E-state index < -0.39 is 33.4 Å². The van der Waals surface area contributed by atoms with Crippen LogP contribution in [0.2, 0.25) is 0 Å². The van der Waals surface area contributed by atoms with Crippen LogP contribution in [0.5, 0.6) is 0 Å². The number of non-ortho nitro benzene ring substituents is 1. The normalized spacial score (nSPS) is 14.5. The summed E-state index contributed by atoms with van der Waals surface area (Å²) in [6.07, 6.45) is 5.31. The Hall–Kier alpha value is -4.25. The highest BCUT2D eigenvalue weighted by molar-refractivity contribution is 7.92. The number of sulfonamides is 1. The van der Waals surface area contributed by atoms with E-state index in [0.717, 1.165) is 47.5 Å². The van der Waals surface area contributed by atoms with Crippen molar-refractivity contribution < 1.29 is 22.9 Å². The molecule has 0 spiro atoms. The van der Waals surface area contributed by atoms with E-state index in [-0.39, 0.29) is 34.8 Å². The zero-order valence-corrected chi connectivity index (χ0v) is 25.3. The van der Waals surface area contributed by atoms with Crippen LogP contribution >= 0.6 is 0 Å². The van der Waals surface area contributed by atoms with Gasteiger partial charge in [-0.15, -0.1) is 0 Å². The minimum absolute atomic E-state index is 0.0338. The van der Waals surface area contributed by atoms with E-state index >= 15 is 0 Å². The summed E-state index contributed by atoms with van der Waals surface area (Å²) < 4.78 is 28.7. The number of nitrogens with zero attached hydrogens (tertiary/aromatic N) is 3. The van der Waals surface area contributed by atoms with Gasteiger partial charge in [-0.2, -0.15) is 0 Å². The van der Waals surface area contributed by atoms with Crippen molar-refractivity contribution in [3.8, 4) is 0 Å². The molecule has 1 unspecified atom stereocenters. The van der Waals surface area contributed by atoms with Gasteiger partial charge in [-0.05, 0) is 56.0 Å². The third-order valence-electron chi connectivity index (χ3n) is 7.73. The van der Waals surface area contributed by atoms with Gasteiger partial charge >= 0.3 is 0 Å². The number of nitro groups is 1. The molecule has 0 bridgehead atoms. The van der Waals surface area contributed by atoms with Gasteiger partial charge in [-0.25, -0.2) is 8.42 Å². The van der Waals surface area contributed by atoms with Crippen LogP contribution in [0.1, 0.15) is 56.6 Å². The number of aryl methyl sites for hydroxylation is 1. The minimum Gasteiger partial charge on any atom is -0.352 e. The standard InChI is InChI=1S/C32H38N4O6S/c1-3-30(32(38)33-26-13-6-4-7-14-26)34(22-25-12-10-11-24(2)21-25)31(37)23-35(27-17-19-28(20-18-27)36(39)40)43(41,42)29-15-8-5-9-16-29/h5,8-12,15-21,26,30H,3-4,6-7,13-14,22-23H2,1-2H3,(H,33,38). The fourth-order valence-corrected chi connectivity index (χ4v) is 6.90. The molecule has 1 N–H and O–H groups in total. The van der Waals surface area contributed by atoms with E-state index in [0.29, 0.717) is 6.42 Å². The maximum Gasteiger partial charge on any atom is 0.269 e. The van der Waals surface area contributed by atoms with Gasteiger partial charge in [0.2, 0.25) is 11.8 Å². The van der Waals surface area contributed by atoms with Crippen molar-refractivity contribution in [3.05, 3.63) is 100 Å². The van der Waals surface area contributed by atoms with Gasteiger partial charge in [0.1, 0.15) is 12.6 Å². The van der Waals surface area contributed by atoms with Gasteiger partial charge in [0, 0.05) is 24.7 Å². The third kappa shape index (κ3) is 7.98. The molecule has 1 fully saturated rings. The van der Waals surface area contributed by atoms with Gasteiger partial charge in [0.25, 0.3) is 15.7 Å². The molecule has 228 valence electrons. The van der Waals surface area contributed by atoms with Gasteiger partial charge in [0.15, 0.2) is 0 Å². The van der Waals surface area contributed by atoms with E-state index in [2.05, 4.69) is 5.32 Å². The quantitative estimate of drug-likeness (QED) is 0.218. The SMILES string of the molecule is CCC(C(=O)NC1CCCCC1)N(Cc1cccc(C)c1)C(=O)CN(c1ccc([N+](=O)[O-])cc1)S(=O)(=O)c1ccccc1. The summed E-state index contributed by atoms with van der Waals surface area (Å²) in [5, 5.41) is 14.4. The molecule has 0 heterocycles. The van der Waals surface area contributed by atoms with Crippen molar-refractivity contribution in [1.82, 2.24) is 10.2 Å². The first-order valence-corrected chi connectivity index (χ1v) is 16.0. The molecule has 0 aliphatic heterocycles. The third-order valence-corrected chi connectivity index (χ3v) is 9.52. The number of nitrogens with one attached hydrogen (secondary N) is 1. The predicted molar refractivity (Wildman–Crippen MR) is 165 cm³/mol. The lowest BCUT2D eigenvalue weighted by molar-refractivity contribution is -0.384. The molecule has 1 atom stereocenters. The number of hydrogen-bond acceptors (Lipinski definition) is 6. The van der Waals surface area contributed by atoms with Crippen molar-refractivity contribution >= 4 is 33.2 Å². The summed E-state index contributed by atoms with van der Waals surface area (Å²) in [6.45, 7) is 3.27. The fourth-order valence-electron chi connectivity index (χ4n) is 5.46. The molecule has 0 radical (unpaired) electrons. The average Bonchev–Trinajstić information content (AvgIpc) is 3.00. The zero-order valence-electron chi connectivity index (χ0n) is 24.5. The molecule has 4 rings (SSSR count). The second-order valence-electron chi connectivity index (χ2n) is 10.9. The number of hydrogen-bond donors (Lipinski definition) is 1. The van der Waals surface area contributed by atoms with Crippen molar-refractivity contribution in [2.24, 2.45) is 0 Å². The van der Waals surface area contributed by atoms with Crippen molar-refractivity contribution in [2.75, 3.05) is 10.8 Å². The van der Waals surface area contributed by atoms with Crippen molar-refractivity contribution in [1.29, 1.82) is 0 Å². The Balaban J connectivity index is 1.71. The zero-order chi connectivity index (χ0) is 31.0. The number of anilines is 1. The molecule has 0 aromatic heterocycles. The lowest BCUT2D eigenvalue weighted by Crippen LogP contribution is -2.54. The first-order chi connectivity index (χ1) is 20.6. The maximum absolute atomic E-state index is 14.2. The number of nitro benzene ring substituents is 1. The Morgan fingerprint density at radius 1 is 0.977 bits per heavy atom. The van der Waals surface area contributed by atoms with Gasteiger partial charge < -0.3 is 10.2 Å². The van der Waals surface area contributed by atoms with Gasteiger partial charge in [-0.3, -0.25) is 24.0 Å². The topological polar surface area (TPSA) is 130 Å². The lowest BCUT2D eigenvalue weighted by atomic mass is 9.95. The monoisotopic (exact) mass is 606 g/mol. The number of carbonyl (C=O) groups is 2. The molecular weight excluding hydrogens is 568 g/mol. The Morgan fingerprint density at radius 2 is 1.65 bits per heavy atom. The lowest BCUT2D eigenvalue weighted by Gasteiger charge is -2.34. The Bertz CT molecular complexity index is 1520. The summed E-state index contributed by atoms with van der Waals surface area (Å²) in [4.78, 5) is 39.9. The maximum atomic E-state index is 14.2. The molecule has 0 saturated heterocycles. The molecule has 1 saturated carbocycles. The first kappa shape index (κ1) is 31.7. The molecule has 1 aliphatic carbocycles. The van der Waals surface area contributed by atoms with Crippen LogP contribution in [-0.2, 0) is 26.2 Å². The number of rotatable bonds is 12. The summed E-state index contributed by atoms with van der Waals surface area (Å²) in [7, 11) is -4.26. The molecule has 1 aliphatic rings. The molecule has 10 nitrogen and oxygen atoms in total. The highest BCUT2D eigenvalue weighted by Gasteiger charge is 2.34. The molecule has 11 heteroatoms. The van der Waals surface area contributed by atoms with Crippen LogP contribution in [0.4, 0.5) is 11.4 Å². The number of benzene rings is 3. The molecule has 3 aromatic carbocycles. The number of carbonyl (C=O) groups excluding carboxylic acids is 2. The Labute approximate surface area is 252 Å². The number of amides is 2. The van der Waals surface area contributed by atoms with E-state index in [4.69, 9.17) is 0 Å². The van der Waals surface area contributed by atoms with E-state index in [1.165, 1.54) is 41.3 Å². The van der Waals surface area contributed by atoms with Crippen LogP contribution in [0.3, 0.4) is 0 Å². The highest BCUT2D eigenvalue weighted by atomic mass is 32.2. The Kier molecular flexibility index (Phi) is 10.5. The van der Waals surface area contributed by atoms with Crippen molar-refractivity contribution in [3.63, 3.8) is 0 Å². The second-order valence-corrected chi connectivity index (χ2v) is 12.7. The van der Waals surface area contributed by atoms with Gasteiger partial charge in [0.05, 0.1) is 15.5 Å². The molecular formula is C32H38N4O6S. The van der Waals surface area contributed by atoms with E-state index in [9.17, 15) is 28.1 Å². The smallest absolute Gasteiger partial charge is 0.269 e. The van der Waals surface area contributed by atoms with Crippen LogP contribution in [-0.4, -0.2) is 48.7 Å². The summed E-state index contributed by atoms with van der Waals surface area (Å²) in [5.41, 5.74) is 1.69. The second kappa shape index (κ2) is 14.3. The summed E-state index contributed by atoms with van der Waals surface area (Å²) in [5.74, 6) is -0.826. The predicted octanol–water partition coefficient (Wildman–Crippen LogP) is 5.35. The van der Waals surface area contributed by atoms with Crippen LogP contribution < -0.4 is 9.62 Å². The molecule has 3 aromatic rings. The summed E-state index contributed by atoms with van der Waals surface area (Å²) in [6, 6.07) is 19.5. The largest absolute Gasteiger partial charge is 0.352 e. The van der Waals surface area contributed by atoms with Crippen molar-refractivity contribution in [2.45, 2.75) is 75.9 Å². The molecule has 43 heavy (non-hydrogen) atoms. The van der Waals surface area contributed by atoms with Gasteiger partial charge in [-0.1, -0.05) is 74.2 Å². The average molecular weight is 607 g/mol. The Morgan fingerprint density at radius 3 is 2.26 bits per heavy atom. The van der Waals surface area contributed by atoms with E-state index in [1.807, 2.05) is 38.1 Å². The first-order valence-electron chi connectivity index (χ1n) is 14.6. The van der Waals surface area contributed by atoms with Crippen LogP contribution in [0.25, 0.3) is 0 Å². The minimum atomic E-state index is -4.26. The fraction of sp³-hybridized carbons (Fsp3) is 0.375. The van der Waals surface area contributed by atoms with Crippen LogP contribution in [0.15, 0.2) is 83.8 Å².